The van der Waals surface area contributed by atoms with Crippen LogP contribution in [0.25, 0.3) is 0 Å². The molecule has 0 saturated carbocycles. The minimum Gasteiger partial charge on any atom is -0.357 e. The molecule has 2 rings (SSSR count). The molecule has 24 heavy (non-hydrogen) atoms. The van der Waals surface area contributed by atoms with Crippen molar-refractivity contribution in [3.63, 3.8) is 0 Å². The van der Waals surface area contributed by atoms with Crippen LogP contribution in [0, 0.1) is 13.8 Å². The topological polar surface area (TPSA) is 75.3 Å². The summed E-state index contributed by atoms with van der Waals surface area (Å²) in [5, 5.41) is 10.4. The van der Waals surface area contributed by atoms with Crippen molar-refractivity contribution in [3.8, 4) is 0 Å². The van der Waals surface area contributed by atoms with Gasteiger partial charge >= 0.3 is 0 Å². The molecule has 132 valence electrons. The maximum absolute atomic E-state index is 5.08. The van der Waals surface area contributed by atoms with Gasteiger partial charge in [0.05, 0.1) is 0 Å². The van der Waals surface area contributed by atoms with Crippen molar-refractivity contribution in [3.05, 3.63) is 47.1 Å². The van der Waals surface area contributed by atoms with E-state index in [1.165, 1.54) is 11.1 Å². The molecule has 1 aromatic carbocycles. The van der Waals surface area contributed by atoms with Gasteiger partial charge in [-0.15, -0.1) is 24.0 Å². The second kappa shape index (κ2) is 10.3. The number of nitrogens with zero attached hydrogens (tertiary/aromatic N) is 3. The summed E-state index contributed by atoms with van der Waals surface area (Å²) in [5.41, 5.74) is 2.60. The van der Waals surface area contributed by atoms with E-state index in [9.17, 15) is 0 Å². The van der Waals surface area contributed by atoms with Gasteiger partial charge in [-0.1, -0.05) is 41.9 Å². The number of aromatic nitrogens is 2. The molecule has 0 saturated heterocycles. The molecule has 7 heteroatoms. The van der Waals surface area contributed by atoms with Crippen molar-refractivity contribution in [1.29, 1.82) is 0 Å². The van der Waals surface area contributed by atoms with Crippen LogP contribution >= 0.6 is 24.0 Å². The van der Waals surface area contributed by atoms with Gasteiger partial charge in [0, 0.05) is 13.1 Å². The standard InChI is InChI=1S/C17H25N5O.HI/c1-5-18-17(20-11-16-21-14(4)22-23-16)19-10-13(3)15-8-6-7-12(2)9-15;/h6-9,13H,5,10-11H2,1-4H3,(H2,18,19,20);1H. The van der Waals surface area contributed by atoms with Crippen molar-refractivity contribution in [2.75, 3.05) is 13.1 Å². The molecule has 6 nitrogen and oxygen atoms in total. The average molecular weight is 443 g/mol. The third kappa shape index (κ3) is 6.46. The first-order chi connectivity index (χ1) is 11.1. The Morgan fingerprint density at radius 3 is 2.71 bits per heavy atom. The van der Waals surface area contributed by atoms with Gasteiger partial charge in [-0.3, -0.25) is 0 Å². The Morgan fingerprint density at radius 1 is 1.29 bits per heavy atom. The maximum Gasteiger partial charge on any atom is 0.248 e. The minimum atomic E-state index is 0. The molecule has 0 bridgehead atoms. The van der Waals surface area contributed by atoms with E-state index in [2.05, 4.69) is 63.9 Å². The van der Waals surface area contributed by atoms with Gasteiger partial charge in [-0.2, -0.15) is 4.98 Å². The molecule has 0 aliphatic carbocycles. The lowest BCUT2D eigenvalue weighted by Gasteiger charge is -2.16. The molecule has 1 atom stereocenters. The van der Waals surface area contributed by atoms with Crippen LogP contribution in [0.4, 0.5) is 0 Å². The monoisotopic (exact) mass is 443 g/mol. The largest absolute Gasteiger partial charge is 0.357 e. The molecule has 1 unspecified atom stereocenters. The normalized spacial score (nSPS) is 12.4. The van der Waals surface area contributed by atoms with Crippen LogP contribution in [0.3, 0.4) is 0 Å². The van der Waals surface area contributed by atoms with Crippen molar-refractivity contribution in [1.82, 2.24) is 20.8 Å². The quantitative estimate of drug-likeness (QED) is 0.408. The van der Waals surface area contributed by atoms with E-state index in [0.29, 0.717) is 24.2 Å². The number of aliphatic imine (C=N–C) groups is 1. The minimum absolute atomic E-state index is 0. The second-order valence-electron chi connectivity index (χ2n) is 5.63. The lowest BCUT2D eigenvalue weighted by Crippen LogP contribution is -2.39. The molecule has 2 N–H and O–H groups in total. The Kier molecular flexibility index (Phi) is 8.73. The second-order valence-corrected chi connectivity index (χ2v) is 5.63. The van der Waals surface area contributed by atoms with Gasteiger partial charge < -0.3 is 15.2 Å². The summed E-state index contributed by atoms with van der Waals surface area (Å²) in [5.74, 6) is 2.29. The van der Waals surface area contributed by atoms with Crippen molar-refractivity contribution < 1.29 is 4.52 Å². The van der Waals surface area contributed by atoms with E-state index >= 15 is 0 Å². The van der Waals surface area contributed by atoms with Gasteiger partial charge in [-0.05, 0) is 32.3 Å². The van der Waals surface area contributed by atoms with E-state index in [4.69, 9.17) is 4.52 Å². The van der Waals surface area contributed by atoms with Gasteiger partial charge in [0.1, 0.15) is 6.54 Å². The number of hydrogen-bond acceptors (Lipinski definition) is 4. The van der Waals surface area contributed by atoms with E-state index in [-0.39, 0.29) is 24.0 Å². The zero-order valence-electron chi connectivity index (χ0n) is 14.7. The van der Waals surface area contributed by atoms with E-state index in [1.807, 2.05) is 6.92 Å². The number of halogens is 1. The summed E-state index contributed by atoms with van der Waals surface area (Å²) in [6.45, 7) is 10.1. The zero-order valence-corrected chi connectivity index (χ0v) is 17.0. The summed E-state index contributed by atoms with van der Waals surface area (Å²) < 4.78 is 5.08. The fourth-order valence-electron chi connectivity index (χ4n) is 2.24. The van der Waals surface area contributed by atoms with Gasteiger partial charge in [0.2, 0.25) is 5.89 Å². The smallest absolute Gasteiger partial charge is 0.248 e. The highest BCUT2D eigenvalue weighted by Gasteiger charge is 2.08. The highest BCUT2D eigenvalue weighted by molar-refractivity contribution is 14.0. The predicted molar refractivity (Wildman–Crippen MR) is 107 cm³/mol. The number of rotatable bonds is 6. The van der Waals surface area contributed by atoms with Crippen molar-refractivity contribution >= 4 is 29.9 Å². The number of nitrogens with one attached hydrogen (secondary N) is 2. The Morgan fingerprint density at radius 2 is 2.08 bits per heavy atom. The molecule has 2 aromatic rings. The van der Waals surface area contributed by atoms with E-state index in [1.54, 1.807) is 6.92 Å². The summed E-state index contributed by atoms with van der Waals surface area (Å²) in [4.78, 5) is 8.63. The molecular weight excluding hydrogens is 417 g/mol. The fraction of sp³-hybridized carbons (Fsp3) is 0.471. The van der Waals surface area contributed by atoms with Gasteiger partial charge in [0.25, 0.3) is 0 Å². The Labute approximate surface area is 160 Å². The summed E-state index contributed by atoms with van der Waals surface area (Å²) >= 11 is 0. The van der Waals surface area contributed by atoms with Gasteiger partial charge in [-0.25, -0.2) is 4.99 Å². The molecule has 1 aromatic heterocycles. The van der Waals surface area contributed by atoms with Crippen LogP contribution < -0.4 is 10.6 Å². The maximum atomic E-state index is 5.08. The lowest BCUT2D eigenvalue weighted by molar-refractivity contribution is 0.376. The highest BCUT2D eigenvalue weighted by atomic mass is 127. The van der Waals surface area contributed by atoms with Crippen molar-refractivity contribution in [2.24, 2.45) is 4.99 Å². The number of aryl methyl sites for hydroxylation is 2. The lowest BCUT2D eigenvalue weighted by atomic mass is 9.99. The third-order valence-electron chi connectivity index (χ3n) is 3.47. The van der Waals surface area contributed by atoms with E-state index in [0.717, 1.165) is 19.0 Å². The number of guanidine groups is 1. The Bertz CT molecular complexity index is 656. The molecule has 0 fully saturated rings. The molecule has 0 aliphatic heterocycles. The number of benzene rings is 1. The molecule has 0 radical (unpaired) electrons. The first-order valence-electron chi connectivity index (χ1n) is 7.96. The fourth-order valence-corrected chi connectivity index (χ4v) is 2.24. The highest BCUT2D eigenvalue weighted by Crippen LogP contribution is 2.15. The Balaban J connectivity index is 0.00000288. The van der Waals surface area contributed by atoms with Gasteiger partial charge in [0.15, 0.2) is 11.8 Å². The van der Waals surface area contributed by atoms with Crippen LogP contribution in [-0.2, 0) is 6.54 Å². The molecule has 1 heterocycles. The van der Waals surface area contributed by atoms with Crippen LogP contribution in [-0.4, -0.2) is 29.2 Å². The SMILES string of the molecule is CCNC(=NCc1nc(C)no1)NCC(C)c1cccc(C)c1.I. The molecule has 0 spiro atoms. The average Bonchev–Trinajstić information content (AvgIpc) is 2.95. The first kappa shape index (κ1) is 20.4. The van der Waals surface area contributed by atoms with Crippen LogP contribution in [0.5, 0.6) is 0 Å². The first-order valence-corrected chi connectivity index (χ1v) is 7.96. The summed E-state index contributed by atoms with van der Waals surface area (Å²) in [7, 11) is 0. The molecular formula is C17H26IN5O. The van der Waals surface area contributed by atoms with Crippen LogP contribution in [0.15, 0.2) is 33.8 Å². The van der Waals surface area contributed by atoms with Crippen molar-refractivity contribution in [2.45, 2.75) is 40.2 Å². The third-order valence-corrected chi connectivity index (χ3v) is 3.47. The zero-order chi connectivity index (χ0) is 16.7. The molecule has 0 aliphatic rings. The summed E-state index contributed by atoms with van der Waals surface area (Å²) in [6.07, 6.45) is 0. The Hall–Kier alpha value is -1.64. The predicted octanol–water partition coefficient (Wildman–Crippen LogP) is 3.16. The van der Waals surface area contributed by atoms with Crippen LogP contribution in [0.2, 0.25) is 0 Å². The number of hydrogen-bond donors (Lipinski definition) is 2. The van der Waals surface area contributed by atoms with Crippen LogP contribution in [0.1, 0.15) is 42.6 Å². The summed E-state index contributed by atoms with van der Waals surface area (Å²) in [6, 6.07) is 8.59. The van der Waals surface area contributed by atoms with E-state index < -0.39 is 0 Å². The molecule has 0 amide bonds.